The molecule has 1 rings (SSSR count). The Morgan fingerprint density at radius 2 is 2.27 bits per heavy atom. The number of benzene rings is 1. The molecule has 2 nitrogen and oxygen atoms in total. The van der Waals surface area contributed by atoms with E-state index in [1.807, 2.05) is 12.1 Å². The Hall–Kier alpha value is -0.890. The van der Waals surface area contributed by atoms with E-state index in [1.165, 1.54) is 0 Å². The van der Waals surface area contributed by atoms with E-state index in [9.17, 15) is 0 Å². The summed E-state index contributed by atoms with van der Waals surface area (Å²) in [5, 5.41) is 0. The van der Waals surface area contributed by atoms with Crippen LogP contribution in [0.2, 0.25) is 0 Å². The van der Waals surface area contributed by atoms with Crippen LogP contribution in [0.25, 0.3) is 0 Å². The molecule has 0 heterocycles. The first-order chi connectivity index (χ1) is 5.29. The van der Waals surface area contributed by atoms with Gasteiger partial charge in [-0.1, -0.05) is 6.07 Å². The van der Waals surface area contributed by atoms with Crippen LogP contribution < -0.4 is 10.5 Å². The van der Waals surface area contributed by atoms with Crippen LogP contribution in [0.15, 0.2) is 18.2 Å². The van der Waals surface area contributed by atoms with Crippen LogP contribution in [0.5, 0.6) is 5.75 Å². The summed E-state index contributed by atoms with van der Waals surface area (Å²) >= 11 is 5.66. The normalized spacial score (nSPS) is 9.64. The Morgan fingerprint density at radius 3 is 2.73 bits per heavy atom. The van der Waals surface area contributed by atoms with Gasteiger partial charge in [0.2, 0.25) is 0 Å². The van der Waals surface area contributed by atoms with Crippen LogP contribution in [-0.2, 0) is 5.88 Å². The monoisotopic (exact) mass is 171 g/mol. The average Bonchev–Trinajstić information content (AvgIpc) is 2.04. The summed E-state index contributed by atoms with van der Waals surface area (Å²) < 4.78 is 5.05. The van der Waals surface area contributed by atoms with Gasteiger partial charge in [-0.2, -0.15) is 0 Å². The predicted octanol–water partition coefficient (Wildman–Crippen LogP) is 2.02. The van der Waals surface area contributed by atoms with Crippen molar-refractivity contribution in [2.75, 3.05) is 12.8 Å². The number of rotatable bonds is 2. The number of methoxy groups -OCH3 is 1. The number of anilines is 1. The molecule has 0 aliphatic carbocycles. The van der Waals surface area contributed by atoms with E-state index in [2.05, 4.69) is 0 Å². The summed E-state index contributed by atoms with van der Waals surface area (Å²) in [4.78, 5) is 0. The molecular weight excluding hydrogens is 162 g/mol. The minimum atomic E-state index is 0.385. The molecule has 0 fully saturated rings. The molecule has 60 valence electrons. The van der Waals surface area contributed by atoms with Crippen LogP contribution in [0.1, 0.15) is 5.56 Å². The maximum Gasteiger partial charge on any atom is 0.125 e. The number of ether oxygens (including phenoxy) is 1. The fourth-order valence-electron chi connectivity index (χ4n) is 0.917. The average molecular weight is 172 g/mol. The van der Waals surface area contributed by atoms with Gasteiger partial charge >= 0.3 is 0 Å². The van der Waals surface area contributed by atoms with Gasteiger partial charge in [0.25, 0.3) is 0 Å². The van der Waals surface area contributed by atoms with E-state index in [0.29, 0.717) is 11.6 Å². The molecule has 0 radical (unpaired) electrons. The maximum atomic E-state index is 5.66. The molecule has 0 atom stereocenters. The quantitative estimate of drug-likeness (QED) is 0.546. The summed E-state index contributed by atoms with van der Waals surface area (Å²) in [6.07, 6.45) is 0. The Bertz CT molecular complexity index is 250. The van der Waals surface area contributed by atoms with Crippen molar-refractivity contribution in [2.24, 2.45) is 0 Å². The zero-order valence-electron chi connectivity index (χ0n) is 6.30. The number of hydrogen-bond acceptors (Lipinski definition) is 2. The maximum absolute atomic E-state index is 5.66. The minimum Gasteiger partial charge on any atom is -0.496 e. The molecule has 11 heavy (non-hydrogen) atoms. The third-order valence-corrected chi connectivity index (χ3v) is 1.79. The van der Waals surface area contributed by atoms with E-state index in [4.69, 9.17) is 22.1 Å². The molecule has 0 bridgehead atoms. The van der Waals surface area contributed by atoms with Gasteiger partial charge in [-0.15, -0.1) is 11.6 Å². The second-order valence-electron chi connectivity index (χ2n) is 2.16. The van der Waals surface area contributed by atoms with Gasteiger partial charge < -0.3 is 10.5 Å². The SMILES string of the molecule is COc1cccc(N)c1CCl. The molecule has 0 amide bonds. The molecular formula is C8H10ClNO. The van der Waals surface area contributed by atoms with E-state index >= 15 is 0 Å². The van der Waals surface area contributed by atoms with Crippen molar-refractivity contribution in [1.29, 1.82) is 0 Å². The topological polar surface area (TPSA) is 35.2 Å². The van der Waals surface area contributed by atoms with Gasteiger partial charge in [-0.05, 0) is 12.1 Å². The molecule has 0 saturated heterocycles. The molecule has 0 aliphatic heterocycles. The summed E-state index contributed by atoms with van der Waals surface area (Å²) in [5.41, 5.74) is 7.18. The van der Waals surface area contributed by atoms with Gasteiger partial charge in [0.15, 0.2) is 0 Å². The number of hydrogen-bond donors (Lipinski definition) is 1. The van der Waals surface area contributed by atoms with Gasteiger partial charge in [0, 0.05) is 11.3 Å². The number of halogens is 1. The molecule has 2 N–H and O–H groups in total. The van der Waals surface area contributed by atoms with Gasteiger partial charge in [0.1, 0.15) is 5.75 Å². The Balaban J connectivity index is 3.13. The second-order valence-corrected chi connectivity index (χ2v) is 2.43. The molecule has 0 saturated carbocycles. The highest BCUT2D eigenvalue weighted by Crippen LogP contribution is 2.25. The summed E-state index contributed by atoms with van der Waals surface area (Å²) in [6.45, 7) is 0. The highest BCUT2D eigenvalue weighted by Gasteiger charge is 2.03. The van der Waals surface area contributed by atoms with Crippen molar-refractivity contribution in [3.05, 3.63) is 23.8 Å². The van der Waals surface area contributed by atoms with Crippen LogP contribution >= 0.6 is 11.6 Å². The van der Waals surface area contributed by atoms with Crippen molar-refractivity contribution < 1.29 is 4.74 Å². The first kappa shape index (κ1) is 8.21. The van der Waals surface area contributed by atoms with Gasteiger partial charge in [0.05, 0.1) is 13.0 Å². The predicted molar refractivity (Wildman–Crippen MR) is 47.0 cm³/mol. The Kier molecular flexibility index (Phi) is 2.60. The minimum absolute atomic E-state index is 0.385. The third-order valence-electron chi connectivity index (χ3n) is 1.52. The van der Waals surface area contributed by atoms with Crippen LogP contribution in [0.3, 0.4) is 0 Å². The number of nitrogens with two attached hydrogens (primary N) is 1. The first-order valence-electron chi connectivity index (χ1n) is 3.27. The van der Waals surface area contributed by atoms with Crippen LogP contribution in [0, 0.1) is 0 Å². The van der Waals surface area contributed by atoms with E-state index in [-0.39, 0.29) is 0 Å². The first-order valence-corrected chi connectivity index (χ1v) is 3.80. The number of alkyl halides is 1. The van der Waals surface area contributed by atoms with E-state index in [1.54, 1.807) is 13.2 Å². The molecule has 0 aliphatic rings. The smallest absolute Gasteiger partial charge is 0.125 e. The molecule has 3 heteroatoms. The second kappa shape index (κ2) is 3.49. The lowest BCUT2D eigenvalue weighted by molar-refractivity contribution is 0.411. The lowest BCUT2D eigenvalue weighted by atomic mass is 10.2. The number of nitrogen functional groups attached to an aromatic ring is 1. The van der Waals surface area contributed by atoms with Crippen molar-refractivity contribution in [3.8, 4) is 5.75 Å². The van der Waals surface area contributed by atoms with E-state index < -0.39 is 0 Å². The van der Waals surface area contributed by atoms with Crippen molar-refractivity contribution in [1.82, 2.24) is 0 Å². The Labute approximate surface area is 70.9 Å². The fourth-order valence-corrected chi connectivity index (χ4v) is 1.20. The molecule has 0 spiro atoms. The lowest BCUT2D eigenvalue weighted by Gasteiger charge is -2.07. The zero-order valence-corrected chi connectivity index (χ0v) is 7.06. The van der Waals surface area contributed by atoms with E-state index in [0.717, 1.165) is 11.3 Å². The van der Waals surface area contributed by atoms with Gasteiger partial charge in [-0.3, -0.25) is 0 Å². The van der Waals surface area contributed by atoms with Crippen LogP contribution in [0.4, 0.5) is 5.69 Å². The molecule has 0 aromatic heterocycles. The van der Waals surface area contributed by atoms with Gasteiger partial charge in [-0.25, -0.2) is 0 Å². The van der Waals surface area contributed by atoms with Crippen molar-refractivity contribution in [2.45, 2.75) is 5.88 Å². The van der Waals surface area contributed by atoms with Crippen molar-refractivity contribution >= 4 is 17.3 Å². The molecule has 1 aromatic rings. The summed E-state index contributed by atoms with van der Waals surface area (Å²) in [7, 11) is 1.60. The zero-order chi connectivity index (χ0) is 8.27. The summed E-state index contributed by atoms with van der Waals surface area (Å²) in [5.74, 6) is 1.13. The van der Waals surface area contributed by atoms with Crippen LogP contribution in [-0.4, -0.2) is 7.11 Å². The fraction of sp³-hybridized carbons (Fsp3) is 0.250. The molecule has 0 unspecified atom stereocenters. The van der Waals surface area contributed by atoms with Crippen molar-refractivity contribution in [3.63, 3.8) is 0 Å². The third kappa shape index (κ3) is 1.57. The lowest BCUT2D eigenvalue weighted by Crippen LogP contribution is -1.95. The highest BCUT2D eigenvalue weighted by molar-refractivity contribution is 6.17. The summed E-state index contributed by atoms with van der Waals surface area (Å²) in [6, 6.07) is 5.48. The largest absolute Gasteiger partial charge is 0.496 e. The molecule has 1 aromatic carbocycles. The standard InChI is InChI=1S/C8H10ClNO/c1-11-8-4-2-3-7(10)6(8)5-9/h2-4H,5,10H2,1H3. The highest BCUT2D eigenvalue weighted by atomic mass is 35.5. The Morgan fingerprint density at radius 1 is 1.55 bits per heavy atom.